The molecular weight excluding hydrogens is 349 g/mol. The fourth-order valence-electron chi connectivity index (χ4n) is 1.87. The van der Waals surface area contributed by atoms with Crippen LogP contribution in [0.25, 0.3) is 5.69 Å². The number of aromatic nitrogens is 4. The molecule has 3 rings (SSSR count). The van der Waals surface area contributed by atoms with Crippen LogP contribution in [0.4, 0.5) is 13.2 Å². The van der Waals surface area contributed by atoms with Crippen molar-refractivity contribution in [3.05, 3.63) is 53.4 Å². The second-order valence-electron chi connectivity index (χ2n) is 4.57. The van der Waals surface area contributed by atoms with Crippen LogP contribution in [-0.4, -0.2) is 25.1 Å². The summed E-state index contributed by atoms with van der Waals surface area (Å²) in [6.45, 7) is 0. The maximum absolute atomic E-state index is 12.7. The number of rotatable bonds is 3. The van der Waals surface area contributed by atoms with E-state index in [0.29, 0.717) is 0 Å². The molecule has 0 unspecified atom stereocenters. The van der Waals surface area contributed by atoms with Crippen LogP contribution in [0.3, 0.4) is 0 Å². The average Bonchev–Trinajstić information content (AvgIpc) is 3.00. The SMILES string of the molecule is Oc1cc(Cl)nnc1Oc1ccccc1-n1ccc(C(F)(F)F)n1. The molecule has 0 spiro atoms. The molecule has 6 nitrogen and oxygen atoms in total. The maximum atomic E-state index is 12.7. The number of nitrogens with zero attached hydrogens (tertiary/aromatic N) is 4. The molecule has 0 bridgehead atoms. The normalized spacial score (nSPS) is 11.5. The Bertz CT molecular complexity index is 882. The smallest absolute Gasteiger partial charge is 0.435 e. The van der Waals surface area contributed by atoms with Crippen molar-refractivity contribution in [2.45, 2.75) is 6.18 Å². The molecular formula is C14H8ClF3N4O2. The second-order valence-corrected chi connectivity index (χ2v) is 4.96. The first-order chi connectivity index (χ1) is 11.3. The Morgan fingerprint density at radius 1 is 1.12 bits per heavy atom. The van der Waals surface area contributed by atoms with Crippen LogP contribution < -0.4 is 4.74 Å². The van der Waals surface area contributed by atoms with Crippen LogP contribution in [0.15, 0.2) is 42.6 Å². The molecule has 124 valence electrons. The number of ether oxygens (including phenoxy) is 1. The topological polar surface area (TPSA) is 73.1 Å². The molecule has 0 aliphatic rings. The van der Waals surface area contributed by atoms with Gasteiger partial charge in [0, 0.05) is 12.3 Å². The van der Waals surface area contributed by atoms with Gasteiger partial charge in [-0.25, -0.2) is 4.68 Å². The number of hydrogen-bond acceptors (Lipinski definition) is 5. The van der Waals surface area contributed by atoms with Crippen LogP contribution in [0, 0.1) is 0 Å². The zero-order valence-corrected chi connectivity index (χ0v) is 12.5. The summed E-state index contributed by atoms with van der Waals surface area (Å²) in [6.07, 6.45) is -3.40. The summed E-state index contributed by atoms with van der Waals surface area (Å²) in [4.78, 5) is 0. The highest BCUT2D eigenvalue weighted by atomic mass is 35.5. The van der Waals surface area contributed by atoms with Crippen molar-refractivity contribution in [1.29, 1.82) is 0 Å². The lowest BCUT2D eigenvalue weighted by molar-refractivity contribution is -0.141. The highest BCUT2D eigenvalue weighted by molar-refractivity contribution is 6.29. The average molecular weight is 357 g/mol. The van der Waals surface area contributed by atoms with Crippen molar-refractivity contribution >= 4 is 11.6 Å². The summed E-state index contributed by atoms with van der Waals surface area (Å²) in [5.74, 6) is -0.474. The number of alkyl halides is 3. The Kier molecular flexibility index (Phi) is 4.02. The number of para-hydroxylation sites is 2. The number of hydrogen-bond donors (Lipinski definition) is 1. The predicted octanol–water partition coefficient (Wildman–Crippen LogP) is 3.83. The third-order valence-corrected chi connectivity index (χ3v) is 3.09. The fraction of sp³-hybridized carbons (Fsp3) is 0.0714. The highest BCUT2D eigenvalue weighted by Gasteiger charge is 2.33. The van der Waals surface area contributed by atoms with Crippen molar-refractivity contribution in [3.8, 4) is 23.1 Å². The van der Waals surface area contributed by atoms with Gasteiger partial charge in [-0.3, -0.25) is 0 Å². The summed E-state index contributed by atoms with van der Waals surface area (Å²) in [5, 5.41) is 20.3. The van der Waals surface area contributed by atoms with Crippen LogP contribution in [-0.2, 0) is 6.18 Å². The Morgan fingerprint density at radius 2 is 1.88 bits per heavy atom. The summed E-state index contributed by atoms with van der Waals surface area (Å²) in [7, 11) is 0. The van der Waals surface area contributed by atoms with Crippen LogP contribution in [0.5, 0.6) is 17.4 Å². The first-order valence-electron chi connectivity index (χ1n) is 6.47. The van der Waals surface area contributed by atoms with Gasteiger partial charge in [0.2, 0.25) is 0 Å². The Morgan fingerprint density at radius 3 is 2.54 bits per heavy atom. The van der Waals surface area contributed by atoms with Gasteiger partial charge in [0.05, 0.1) is 0 Å². The lowest BCUT2D eigenvalue weighted by atomic mass is 10.3. The van der Waals surface area contributed by atoms with Gasteiger partial charge < -0.3 is 9.84 Å². The maximum Gasteiger partial charge on any atom is 0.435 e. The van der Waals surface area contributed by atoms with Crippen molar-refractivity contribution in [2.75, 3.05) is 0 Å². The predicted molar refractivity (Wildman–Crippen MR) is 77.3 cm³/mol. The van der Waals surface area contributed by atoms with E-state index in [-0.39, 0.29) is 28.2 Å². The van der Waals surface area contributed by atoms with Gasteiger partial charge in [0.1, 0.15) is 5.69 Å². The highest BCUT2D eigenvalue weighted by Crippen LogP contribution is 2.33. The third kappa shape index (κ3) is 3.25. The largest absolute Gasteiger partial charge is 0.503 e. The molecule has 1 N–H and O–H groups in total. The zero-order chi connectivity index (χ0) is 17.3. The van der Waals surface area contributed by atoms with Gasteiger partial charge in [0.25, 0.3) is 5.88 Å². The van der Waals surface area contributed by atoms with Gasteiger partial charge in [-0.2, -0.15) is 18.3 Å². The van der Waals surface area contributed by atoms with E-state index in [1.807, 2.05) is 0 Å². The van der Waals surface area contributed by atoms with Crippen molar-refractivity contribution in [2.24, 2.45) is 0 Å². The van der Waals surface area contributed by atoms with Gasteiger partial charge in [-0.15, -0.1) is 10.2 Å². The third-order valence-electron chi connectivity index (χ3n) is 2.91. The zero-order valence-electron chi connectivity index (χ0n) is 11.7. The molecule has 0 aliphatic carbocycles. The molecule has 2 aromatic heterocycles. The second kappa shape index (κ2) is 6.00. The van der Waals surface area contributed by atoms with E-state index in [9.17, 15) is 18.3 Å². The number of halogens is 4. The van der Waals surface area contributed by atoms with Crippen molar-refractivity contribution in [3.63, 3.8) is 0 Å². The molecule has 0 amide bonds. The first-order valence-corrected chi connectivity index (χ1v) is 6.85. The van der Waals surface area contributed by atoms with E-state index < -0.39 is 11.9 Å². The lowest BCUT2D eigenvalue weighted by Crippen LogP contribution is -2.07. The summed E-state index contributed by atoms with van der Waals surface area (Å²) in [5.41, 5.74) is -0.810. The van der Waals surface area contributed by atoms with Crippen molar-refractivity contribution in [1.82, 2.24) is 20.0 Å². The van der Waals surface area contributed by atoms with E-state index >= 15 is 0 Å². The van der Waals surface area contributed by atoms with Crippen molar-refractivity contribution < 1.29 is 23.0 Å². The molecule has 0 atom stereocenters. The Balaban J connectivity index is 1.98. The fourth-order valence-corrected chi connectivity index (χ4v) is 2.01. The summed E-state index contributed by atoms with van der Waals surface area (Å²) >= 11 is 5.58. The number of benzene rings is 1. The summed E-state index contributed by atoms with van der Waals surface area (Å²) in [6, 6.07) is 8.17. The molecule has 0 fully saturated rings. The molecule has 0 aliphatic heterocycles. The molecule has 24 heavy (non-hydrogen) atoms. The lowest BCUT2D eigenvalue weighted by Gasteiger charge is -2.11. The van der Waals surface area contributed by atoms with Gasteiger partial charge in [-0.05, 0) is 18.2 Å². The van der Waals surface area contributed by atoms with E-state index in [0.717, 1.165) is 23.0 Å². The van der Waals surface area contributed by atoms with E-state index in [2.05, 4.69) is 15.3 Å². The molecule has 0 saturated heterocycles. The standard InChI is InChI=1S/C14H8ClF3N4O2/c15-12-7-9(23)13(20-19-12)24-10-4-2-1-3-8(10)22-6-5-11(21-22)14(16,17)18/h1-7H,(H,19,23). The van der Waals surface area contributed by atoms with Gasteiger partial charge >= 0.3 is 6.18 Å². The molecule has 3 aromatic rings. The monoisotopic (exact) mass is 356 g/mol. The molecule has 0 radical (unpaired) electrons. The van der Waals surface area contributed by atoms with E-state index in [1.165, 1.54) is 12.1 Å². The van der Waals surface area contributed by atoms with E-state index in [1.54, 1.807) is 12.1 Å². The minimum Gasteiger partial charge on any atom is -0.503 e. The quantitative estimate of drug-likeness (QED) is 0.772. The van der Waals surface area contributed by atoms with Gasteiger partial charge in [0.15, 0.2) is 22.3 Å². The molecule has 2 heterocycles. The van der Waals surface area contributed by atoms with Crippen LogP contribution in [0.2, 0.25) is 5.15 Å². The van der Waals surface area contributed by atoms with Crippen LogP contribution in [0.1, 0.15) is 5.69 Å². The minimum absolute atomic E-state index is 0.0324. The first kappa shape index (κ1) is 16.1. The Hall–Kier alpha value is -2.81. The minimum atomic E-state index is -4.55. The molecule has 1 aromatic carbocycles. The van der Waals surface area contributed by atoms with Gasteiger partial charge in [-0.1, -0.05) is 23.7 Å². The summed E-state index contributed by atoms with van der Waals surface area (Å²) < 4.78 is 44.5. The van der Waals surface area contributed by atoms with Crippen LogP contribution >= 0.6 is 11.6 Å². The Labute approximate surface area is 138 Å². The number of aromatic hydroxyl groups is 1. The molecule has 10 heteroatoms. The van der Waals surface area contributed by atoms with E-state index in [4.69, 9.17) is 16.3 Å². The molecule has 0 saturated carbocycles.